The third kappa shape index (κ3) is 1.81. The van der Waals surface area contributed by atoms with E-state index in [1.165, 1.54) is 11.9 Å². The fourth-order valence-electron chi connectivity index (χ4n) is 4.05. The van der Waals surface area contributed by atoms with Crippen molar-refractivity contribution in [3.8, 4) is 0 Å². The Kier molecular flexibility index (Phi) is 2.74. The highest BCUT2D eigenvalue weighted by molar-refractivity contribution is 5.93. The molecule has 2 bridgehead atoms. The molecule has 3 aromatic rings. The molecule has 0 radical (unpaired) electrons. The molecule has 0 saturated carbocycles. The van der Waals surface area contributed by atoms with Gasteiger partial charge in [-0.2, -0.15) is 5.10 Å². The highest BCUT2D eigenvalue weighted by Crippen LogP contribution is 2.44. The van der Waals surface area contributed by atoms with Gasteiger partial charge in [-0.1, -0.05) is 0 Å². The number of nitrogens with zero attached hydrogens (tertiary/aromatic N) is 6. The molecular formula is C17H16N6O. The van der Waals surface area contributed by atoms with E-state index < -0.39 is 0 Å². The molecule has 3 aromatic heterocycles. The quantitative estimate of drug-likeness (QED) is 0.682. The molecule has 24 heavy (non-hydrogen) atoms. The van der Waals surface area contributed by atoms with Gasteiger partial charge in [0.2, 0.25) is 0 Å². The number of aromatic nitrogens is 5. The molecule has 1 amide bonds. The molecule has 0 spiro atoms. The second-order valence-corrected chi connectivity index (χ2v) is 6.47. The fraction of sp³-hybridized carbons (Fsp3) is 0.353. The van der Waals surface area contributed by atoms with Crippen LogP contribution in [-0.4, -0.2) is 41.4 Å². The second-order valence-electron chi connectivity index (χ2n) is 6.47. The number of carbonyl (C=O) groups is 1. The third-order valence-corrected chi connectivity index (χ3v) is 5.04. The molecule has 2 atom stereocenters. The minimum absolute atomic E-state index is 0.0435. The molecule has 1 saturated heterocycles. The third-order valence-electron chi connectivity index (χ3n) is 5.04. The first kappa shape index (κ1) is 13.6. The zero-order chi connectivity index (χ0) is 16.3. The summed E-state index contributed by atoms with van der Waals surface area (Å²) in [5, 5.41) is 4.58. The summed E-state index contributed by atoms with van der Waals surface area (Å²) >= 11 is 0. The van der Waals surface area contributed by atoms with Crippen LogP contribution in [0.2, 0.25) is 0 Å². The molecule has 7 heteroatoms. The normalized spacial score (nSPS) is 22.0. The van der Waals surface area contributed by atoms with Crippen molar-refractivity contribution in [1.29, 1.82) is 0 Å². The van der Waals surface area contributed by atoms with E-state index in [-0.39, 0.29) is 18.0 Å². The zero-order valence-corrected chi connectivity index (χ0v) is 13.3. The summed E-state index contributed by atoms with van der Waals surface area (Å²) < 4.78 is 1.94. The van der Waals surface area contributed by atoms with Crippen molar-refractivity contribution in [2.75, 3.05) is 0 Å². The van der Waals surface area contributed by atoms with E-state index in [9.17, 15) is 4.79 Å². The molecule has 7 nitrogen and oxygen atoms in total. The number of carbonyl (C=O) groups excluding carboxylic acids is 1. The van der Waals surface area contributed by atoms with Gasteiger partial charge < -0.3 is 4.90 Å². The van der Waals surface area contributed by atoms with E-state index >= 15 is 0 Å². The topological polar surface area (TPSA) is 76.3 Å². The summed E-state index contributed by atoms with van der Waals surface area (Å²) in [5.41, 5.74) is 4.53. The standard InChI is InChI=1S/C17H16N6O/c1-10-6-16-20-8-12-14-3-2-11(7-15(12)23(16)21-10)22(14)17(24)13-9-18-4-5-19-13/h4-6,8-9,11,14H,2-3,7H2,1H3/t11-,14-/m1/s1. The summed E-state index contributed by atoms with van der Waals surface area (Å²) in [6.07, 6.45) is 9.34. The zero-order valence-electron chi connectivity index (χ0n) is 13.3. The smallest absolute Gasteiger partial charge is 0.274 e. The predicted molar refractivity (Wildman–Crippen MR) is 85.4 cm³/mol. The Labute approximate surface area is 138 Å². The highest BCUT2D eigenvalue weighted by atomic mass is 16.2. The van der Waals surface area contributed by atoms with Crippen LogP contribution in [0.3, 0.4) is 0 Å². The molecular weight excluding hydrogens is 304 g/mol. The maximum atomic E-state index is 12.9. The lowest BCUT2D eigenvalue weighted by molar-refractivity contribution is 0.0636. The Morgan fingerprint density at radius 3 is 2.96 bits per heavy atom. The van der Waals surface area contributed by atoms with E-state index in [4.69, 9.17) is 0 Å². The van der Waals surface area contributed by atoms with Gasteiger partial charge >= 0.3 is 0 Å². The first-order chi connectivity index (χ1) is 11.7. The SMILES string of the molecule is Cc1cc2ncc3c(n2n1)C[C@H]1CC[C@H]3N1C(=O)c1cnccn1. The lowest BCUT2D eigenvalue weighted by Crippen LogP contribution is -2.43. The average molecular weight is 320 g/mol. The van der Waals surface area contributed by atoms with Gasteiger partial charge in [0.05, 0.1) is 23.6 Å². The number of fused-ring (bicyclic) bond motifs is 6. The van der Waals surface area contributed by atoms with Crippen LogP contribution in [0.4, 0.5) is 0 Å². The van der Waals surface area contributed by atoms with E-state index in [0.29, 0.717) is 5.69 Å². The Bertz CT molecular complexity index is 950. The van der Waals surface area contributed by atoms with Crippen molar-refractivity contribution in [3.63, 3.8) is 0 Å². The predicted octanol–water partition coefficient (Wildman–Crippen LogP) is 1.73. The molecule has 0 unspecified atom stereocenters. The van der Waals surface area contributed by atoms with Crippen molar-refractivity contribution >= 4 is 11.6 Å². The van der Waals surface area contributed by atoms with Crippen LogP contribution in [0.5, 0.6) is 0 Å². The van der Waals surface area contributed by atoms with Crippen LogP contribution in [0.25, 0.3) is 5.65 Å². The van der Waals surface area contributed by atoms with Gasteiger partial charge in [0, 0.05) is 42.7 Å². The number of aryl methyl sites for hydroxylation is 1. The number of amides is 1. The van der Waals surface area contributed by atoms with Crippen LogP contribution in [0.1, 0.15) is 46.3 Å². The van der Waals surface area contributed by atoms with Gasteiger partial charge in [-0.3, -0.25) is 9.78 Å². The van der Waals surface area contributed by atoms with Gasteiger partial charge in [0.15, 0.2) is 5.65 Å². The Hall–Kier alpha value is -2.83. The Morgan fingerprint density at radius 1 is 1.21 bits per heavy atom. The summed E-state index contributed by atoms with van der Waals surface area (Å²) in [6.45, 7) is 1.97. The van der Waals surface area contributed by atoms with E-state index in [1.54, 1.807) is 12.4 Å². The summed E-state index contributed by atoms with van der Waals surface area (Å²) in [4.78, 5) is 27.6. The maximum absolute atomic E-state index is 12.9. The molecule has 0 aromatic carbocycles. The monoisotopic (exact) mass is 320 g/mol. The van der Waals surface area contributed by atoms with Crippen molar-refractivity contribution in [3.05, 3.63) is 53.5 Å². The Morgan fingerprint density at radius 2 is 2.12 bits per heavy atom. The lowest BCUT2D eigenvalue weighted by atomic mass is 9.98. The fourth-order valence-corrected chi connectivity index (χ4v) is 4.05. The number of hydrogen-bond donors (Lipinski definition) is 0. The van der Waals surface area contributed by atoms with Crippen molar-refractivity contribution in [2.24, 2.45) is 0 Å². The van der Waals surface area contributed by atoms with E-state index in [2.05, 4.69) is 20.1 Å². The average Bonchev–Trinajstić information content (AvgIpc) is 3.14. The second kappa shape index (κ2) is 4.83. The van der Waals surface area contributed by atoms with Gasteiger partial charge in [-0.05, 0) is 19.8 Å². The molecule has 2 aliphatic heterocycles. The largest absolute Gasteiger partial charge is 0.327 e. The van der Waals surface area contributed by atoms with Gasteiger partial charge in [-0.15, -0.1) is 0 Å². The summed E-state index contributed by atoms with van der Waals surface area (Å²) in [6, 6.07) is 2.22. The van der Waals surface area contributed by atoms with Crippen molar-refractivity contribution < 1.29 is 4.79 Å². The minimum atomic E-state index is -0.0435. The van der Waals surface area contributed by atoms with Crippen molar-refractivity contribution in [1.82, 2.24) is 29.5 Å². The molecule has 1 fully saturated rings. The summed E-state index contributed by atoms with van der Waals surface area (Å²) in [5.74, 6) is -0.0435. The van der Waals surface area contributed by atoms with Crippen LogP contribution >= 0.6 is 0 Å². The molecule has 5 heterocycles. The van der Waals surface area contributed by atoms with Crippen molar-refractivity contribution in [2.45, 2.75) is 38.3 Å². The molecule has 120 valence electrons. The minimum Gasteiger partial charge on any atom is -0.327 e. The first-order valence-electron chi connectivity index (χ1n) is 8.15. The van der Waals surface area contributed by atoms with Crippen LogP contribution in [0, 0.1) is 6.92 Å². The molecule has 2 aliphatic rings. The Balaban J connectivity index is 1.61. The summed E-state index contributed by atoms with van der Waals surface area (Å²) in [7, 11) is 0. The van der Waals surface area contributed by atoms with Gasteiger partial charge in [0.1, 0.15) is 5.69 Å². The first-order valence-corrected chi connectivity index (χ1v) is 8.15. The number of rotatable bonds is 1. The van der Waals surface area contributed by atoms with E-state index in [1.807, 2.05) is 28.6 Å². The molecule has 5 rings (SSSR count). The van der Waals surface area contributed by atoms with Crippen LogP contribution in [-0.2, 0) is 6.42 Å². The lowest BCUT2D eigenvalue weighted by Gasteiger charge is -2.35. The van der Waals surface area contributed by atoms with Crippen LogP contribution in [0.15, 0.2) is 30.9 Å². The highest BCUT2D eigenvalue weighted by Gasteiger charge is 2.44. The van der Waals surface area contributed by atoms with E-state index in [0.717, 1.165) is 36.2 Å². The molecule has 0 aliphatic carbocycles. The maximum Gasteiger partial charge on any atom is 0.274 e. The molecule has 0 N–H and O–H groups in total. The number of hydrogen-bond acceptors (Lipinski definition) is 5. The van der Waals surface area contributed by atoms with Gasteiger partial charge in [-0.25, -0.2) is 14.5 Å². The van der Waals surface area contributed by atoms with Crippen LogP contribution < -0.4 is 0 Å². The van der Waals surface area contributed by atoms with Gasteiger partial charge in [0.25, 0.3) is 5.91 Å².